The van der Waals surface area contributed by atoms with Crippen LogP contribution in [0, 0.1) is 0 Å². The van der Waals surface area contributed by atoms with Gasteiger partial charge in [0, 0.05) is 6.42 Å². The molecular weight excluding hydrogens is 731 g/mol. The molecule has 0 aliphatic rings. The van der Waals surface area contributed by atoms with Crippen molar-refractivity contribution in [1.29, 1.82) is 0 Å². The summed E-state index contributed by atoms with van der Waals surface area (Å²) in [6, 6.07) is -0.712. The average molecular weight is 828 g/mol. The molecule has 0 radical (unpaired) electrons. The SMILES string of the molecule is CCCCC/C=C/C=C/C=C/C=C/CCCCCC(CC(=O)NC(CO)C(O)CCCCCCCCCCCCCCC)OC(=O)CCCCCCCCCCCCC. The molecule has 6 nitrogen and oxygen atoms in total. The topological polar surface area (TPSA) is 95.9 Å². The Hall–Kier alpha value is -2.18. The molecule has 0 aromatic carbocycles. The lowest BCUT2D eigenvalue weighted by atomic mass is 10.0. The fraction of sp³-hybridized carbons (Fsp3) is 0.811. The van der Waals surface area contributed by atoms with Crippen LogP contribution in [0.25, 0.3) is 0 Å². The fourth-order valence-electron chi connectivity index (χ4n) is 7.62. The third-order valence-corrected chi connectivity index (χ3v) is 11.5. The molecule has 59 heavy (non-hydrogen) atoms. The zero-order valence-electron chi connectivity index (χ0n) is 39.1. The maximum atomic E-state index is 13.2. The lowest BCUT2D eigenvalue weighted by molar-refractivity contribution is -0.151. The van der Waals surface area contributed by atoms with E-state index in [0.717, 1.165) is 70.6 Å². The molecule has 0 spiro atoms. The van der Waals surface area contributed by atoms with Gasteiger partial charge in [-0.05, 0) is 51.4 Å². The summed E-state index contributed by atoms with van der Waals surface area (Å²) in [6.45, 7) is 6.43. The predicted octanol–water partition coefficient (Wildman–Crippen LogP) is 15.1. The highest BCUT2D eigenvalue weighted by Crippen LogP contribution is 2.17. The van der Waals surface area contributed by atoms with Gasteiger partial charge in [-0.3, -0.25) is 9.59 Å². The molecule has 0 aliphatic carbocycles. The largest absolute Gasteiger partial charge is 0.462 e. The van der Waals surface area contributed by atoms with E-state index in [-0.39, 0.29) is 24.9 Å². The van der Waals surface area contributed by atoms with Crippen LogP contribution in [-0.2, 0) is 14.3 Å². The number of aliphatic hydroxyl groups is 2. The Balaban J connectivity index is 4.66. The molecule has 0 saturated heterocycles. The van der Waals surface area contributed by atoms with Crippen molar-refractivity contribution in [2.24, 2.45) is 0 Å². The van der Waals surface area contributed by atoms with Crippen molar-refractivity contribution in [3.05, 3.63) is 48.6 Å². The van der Waals surface area contributed by atoms with E-state index >= 15 is 0 Å². The van der Waals surface area contributed by atoms with Gasteiger partial charge in [0.25, 0.3) is 0 Å². The van der Waals surface area contributed by atoms with Crippen molar-refractivity contribution >= 4 is 11.9 Å². The van der Waals surface area contributed by atoms with E-state index in [1.807, 2.05) is 6.08 Å². The van der Waals surface area contributed by atoms with Gasteiger partial charge in [0.2, 0.25) is 5.91 Å². The molecule has 344 valence electrons. The maximum Gasteiger partial charge on any atom is 0.306 e. The van der Waals surface area contributed by atoms with E-state index in [0.29, 0.717) is 19.3 Å². The molecule has 3 unspecified atom stereocenters. The summed E-state index contributed by atoms with van der Waals surface area (Å²) in [7, 11) is 0. The zero-order valence-corrected chi connectivity index (χ0v) is 39.1. The van der Waals surface area contributed by atoms with Crippen LogP contribution in [0.3, 0.4) is 0 Å². The van der Waals surface area contributed by atoms with Gasteiger partial charge in [0.1, 0.15) is 6.10 Å². The second kappa shape index (κ2) is 46.9. The maximum absolute atomic E-state index is 13.2. The van der Waals surface area contributed by atoms with E-state index < -0.39 is 18.2 Å². The minimum atomic E-state index is -0.796. The molecule has 0 heterocycles. The fourth-order valence-corrected chi connectivity index (χ4v) is 7.62. The third kappa shape index (κ3) is 42.3. The first kappa shape index (κ1) is 56.8. The monoisotopic (exact) mass is 828 g/mol. The van der Waals surface area contributed by atoms with E-state index in [1.165, 1.54) is 135 Å². The highest BCUT2D eigenvalue weighted by Gasteiger charge is 2.24. The molecule has 0 bridgehead atoms. The Labute approximate surface area is 366 Å². The van der Waals surface area contributed by atoms with Crippen LogP contribution in [0.15, 0.2) is 48.6 Å². The summed E-state index contributed by atoms with van der Waals surface area (Å²) in [5.41, 5.74) is 0. The van der Waals surface area contributed by atoms with Crippen LogP contribution < -0.4 is 5.32 Å². The lowest BCUT2D eigenvalue weighted by Crippen LogP contribution is -2.46. The second-order valence-electron chi connectivity index (χ2n) is 17.3. The summed E-state index contributed by atoms with van der Waals surface area (Å²) < 4.78 is 5.91. The van der Waals surface area contributed by atoms with E-state index in [2.05, 4.69) is 68.6 Å². The Bertz CT molecular complexity index is 1020. The number of aliphatic hydroxyl groups excluding tert-OH is 2. The Morgan fingerprint density at radius 1 is 0.492 bits per heavy atom. The minimum absolute atomic E-state index is 0.0537. The van der Waals surface area contributed by atoms with Gasteiger partial charge < -0.3 is 20.3 Å². The molecule has 0 rings (SSSR count). The number of amides is 1. The number of hydrogen-bond donors (Lipinski definition) is 3. The Morgan fingerprint density at radius 2 is 0.864 bits per heavy atom. The summed E-state index contributed by atoms with van der Waals surface area (Å²) in [4.78, 5) is 26.1. The second-order valence-corrected chi connectivity index (χ2v) is 17.3. The Kier molecular flexibility index (Phi) is 45.1. The van der Waals surface area contributed by atoms with Gasteiger partial charge in [-0.15, -0.1) is 0 Å². The van der Waals surface area contributed by atoms with Crippen molar-refractivity contribution < 1.29 is 24.5 Å². The van der Waals surface area contributed by atoms with Gasteiger partial charge in [-0.25, -0.2) is 0 Å². The number of nitrogens with one attached hydrogen (secondary N) is 1. The number of carbonyl (C=O) groups is 2. The summed E-state index contributed by atoms with van der Waals surface area (Å²) in [5, 5.41) is 23.7. The summed E-state index contributed by atoms with van der Waals surface area (Å²) >= 11 is 0. The number of hydrogen-bond acceptors (Lipinski definition) is 5. The highest BCUT2D eigenvalue weighted by molar-refractivity contribution is 5.77. The Morgan fingerprint density at radius 3 is 1.34 bits per heavy atom. The molecule has 3 atom stereocenters. The summed E-state index contributed by atoms with van der Waals surface area (Å²) in [6.07, 6.45) is 55.9. The molecule has 0 saturated carbocycles. The molecular formula is C53H97NO5. The molecule has 6 heteroatoms. The highest BCUT2D eigenvalue weighted by atomic mass is 16.5. The average Bonchev–Trinajstić information content (AvgIpc) is 3.23. The van der Waals surface area contributed by atoms with Crippen LogP contribution >= 0.6 is 0 Å². The van der Waals surface area contributed by atoms with E-state index in [9.17, 15) is 19.8 Å². The smallest absolute Gasteiger partial charge is 0.306 e. The number of ether oxygens (including phenoxy) is 1. The van der Waals surface area contributed by atoms with Crippen LogP contribution in [0.1, 0.15) is 252 Å². The zero-order chi connectivity index (χ0) is 43.1. The first-order chi connectivity index (χ1) is 29.0. The number of rotatable bonds is 45. The molecule has 0 fully saturated rings. The van der Waals surface area contributed by atoms with E-state index in [1.54, 1.807) is 0 Å². The molecule has 1 amide bonds. The first-order valence-corrected chi connectivity index (χ1v) is 25.4. The van der Waals surface area contributed by atoms with Crippen LogP contribution in [0.5, 0.6) is 0 Å². The number of unbranched alkanes of at least 4 members (excludes halogenated alkanes) is 28. The van der Waals surface area contributed by atoms with Crippen LogP contribution in [-0.4, -0.2) is 46.9 Å². The number of carbonyl (C=O) groups excluding carboxylic acids is 2. The van der Waals surface area contributed by atoms with Gasteiger partial charge in [0.05, 0.1) is 25.2 Å². The van der Waals surface area contributed by atoms with Crippen molar-refractivity contribution in [3.63, 3.8) is 0 Å². The normalized spacial score (nSPS) is 13.6. The lowest BCUT2D eigenvalue weighted by Gasteiger charge is -2.24. The standard InChI is InChI=1S/C53H97NO5/c1-4-7-10-13-16-19-22-24-25-26-28-30-32-35-38-41-44-49(59-53(58)46-43-40-37-34-29-21-18-15-12-9-6-3)47-52(57)54-50(48-55)51(56)45-42-39-36-33-31-27-23-20-17-14-11-8-5-2/h16,19,22,24-26,28,30,49-51,55-56H,4-15,17-18,20-21,23,27,29,31-48H2,1-3H3,(H,54,57)/b19-16+,24-22+,26-25+,30-28+. The number of allylic oxidation sites excluding steroid dienone is 8. The van der Waals surface area contributed by atoms with Crippen molar-refractivity contribution in [3.8, 4) is 0 Å². The molecule has 3 N–H and O–H groups in total. The van der Waals surface area contributed by atoms with Gasteiger partial charge in [-0.1, -0.05) is 236 Å². The molecule has 0 aromatic heterocycles. The predicted molar refractivity (Wildman–Crippen MR) is 255 cm³/mol. The number of esters is 1. The van der Waals surface area contributed by atoms with Crippen LogP contribution in [0.2, 0.25) is 0 Å². The van der Waals surface area contributed by atoms with Crippen molar-refractivity contribution in [1.82, 2.24) is 5.32 Å². The quantitative estimate of drug-likeness (QED) is 0.0323. The van der Waals surface area contributed by atoms with Gasteiger partial charge in [-0.2, -0.15) is 0 Å². The first-order valence-electron chi connectivity index (χ1n) is 25.4. The van der Waals surface area contributed by atoms with Gasteiger partial charge in [0.15, 0.2) is 0 Å². The van der Waals surface area contributed by atoms with Crippen LogP contribution in [0.4, 0.5) is 0 Å². The molecule has 0 aromatic rings. The third-order valence-electron chi connectivity index (χ3n) is 11.5. The van der Waals surface area contributed by atoms with Gasteiger partial charge >= 0.3 is 5.97 Å². The summed E-state index contributed by atoms with van der Waals surface area (Å²) in [5.74, 6) is -0.507. The van der Waals surface area contributed by atoms with Crippen molar-refractivity contribution in [2.75, 3.05) is 6.61 Å². The minimum Gasteiger partial charge on any atom is -0.462 e. The van der Waals surface area contributed by atoms with Crippen molar-refractivity contribution in [2.45, 2.75) is 270 Å². The molecule has 0 aliphatic heterocycles. The van der Waals surface area contributed by atoms with E-state index in [4.69, 9.17) is 4.74 Å².